The number of nitrogens with one attached hydrogen (secondary N) is 1. The van der Waals surface area contributed by atoms with Gasteiger partial charge >= 0.3 is 5.97 Å². The average Bonchev–Trinajstić information content (AvgIpc) is 2.96. The Morgan fingerprint density at radius 3 is 2.90 bits per heavy atom. The highest BCUT2D eigenvalue weighted by molar-refractivity contribution is 7.13. The molecule has 0 saturated heterocycles. The van der Waals surface area contributed by atoms with Crippen LogP contribution in [0, 0.1) is 13.8 Å². The maximum Gasteiger partial charge on any atom is 0.311 e. The van der Waals surface area contributed by atoms with Crippen molar-refractivity contribution in [1.29, 1.82) is 0 Å². The molecular weight excluding hydrogens is 278 g/mol. The van der Waals surface area contributed by atoms with Crippen molar-refractivity contribution in [3.05, 3.63) is 28.1 Å². The van der Waals surface area contributed by atoms with Crippen molar-refractivity contribution in [1.82, 2.24) is 10.1 Å². The third kappa shape index (κ3) is 3.16. The van der Waals surface area contributed by atoms with E-state index in [9.17, 15) is 4.79 Å². The van der Waals surface area contributed by atoms with E-state index in [0.29, 0.717) is 5.69 Å². The second kappa shape index (κ2) is 6.04. The van der Waals surface area contributed by atoms with Crippen molar-refractivity contribution in [2.24, 2.45) is 0 Å². The Morgan fingerprint density at radius 2 is 2.30 bits per heavy atom. The highest BCUT2D eigenvalue weighted by Crippen LogP contribution is 2.26. The molecule has 0 spiro atoms. The first-order chi connectivity index (χ1) is 9.51. The van der Waals surface area contributed by atoms with Gasteiger partial charge in [-0.05, 0) is 20.8 Å². The van der Waals surface area contributed by atoms with Crippen LogP contribution in [0.15, 0.2) is 9.90 Å². The minimum absolute atomic E-state index is 0.0402. The number of carbonyl (C=O) groups is 1. The van der Waals surface area contributed by atoms with Crippen LogP contribution >= 0.6 is 11.3 Å². The fourth-order valence-corrected chi connectivity index (χ4v) is 2.84. The molecule has 0 fully saturated rings. The van der Waals surface area contributed by atoms with Crippen LogP contribution in [0.1, 0.15) is 35.7 Å². The predicted molar refractivity (Wildman–Crippen MR) is 75.8 cm³/mol. The standard InChI is InChI=1S/C13H17N3O3S/c1-7(12-8(2)16-19-9(12)3)14-13-15-10(6-20-13)5-11(17)18-4/h6-7H,5H2,1-4H3,(H,14,15). The average molecular weight is 295 g/mol. The summed E-state index contributed by atoms with van der Waals surface area (Å²) in [6.45, 7) is 5.82. The first kappa shape index (κ1) is 14.5. The van der Waals surface area contributed by atoms with Crippen LogP contribution in [0.25, 0.3) is 0 Å². The monoisotopic (exact) mass is 295 g/mol. The molecule has 1 N–H and O–H groups in total. The molecule has 0 radical (unpaired) electrons. The molecule has 0 saturated carbocycles. The van der Waals surface area contributed by atoms with Crippen LogP contribution < -0.4 is 5.32 Å². The van der Waals surface area contributed by atoms with Crippen molar-refractivity contribution < 1.29 is 14.1 Å². The molecule has 0 aliphatic heterocycles. The first-order valence-electron chi connectivity index (χ1n) is 6.21. The van der Waals surface area contributed by atoms with Gasteiger partial charge in [0.25, 0.3) is 0 Å². The molecule has 0 amide bonds. The van der Waals surface area contributed by atoms with Gasteiger partial charge in [-0.25, -0.2) is 4.98 Å². The molecule has 1 unspecified atom stereocenters. The molecule has 2 aromatic rings. The van der Waals surface area contributed by atoms with E-state index < -0.39 is 0 Å². The maximum atomic E-state index is 11.2. The summed E-state index contributed by atoms with van der Waals surface area (Å²) < 4.78 is 9.78. The first-order valence-corrected chi connectivity index (χ1v) is 7.09. The summed E-state index contributed by atoms with van der Waals surface area (Å²) >= 11 is 1.46. The summed E-state index contributed by atoms with van der Waals surface area (Å²) in [5, 5.41) is 9.84. The number of aromatic nitrogens is 2. The van der Waals surface area contributed by atoms with Gasteiger partial charge in [0, 0.05) is 10.9 Å². The third-order valence-corrected chi connectivity index (χ3v) is 3.79. The molecule has 0 aromatic carbocycles. The predicted octanol–water partition coefficient (Wildman–Crippen LogP) is 2.64. The fourth-order valence-electron chi connectivity index (χ4n) is 2.04. The number of aryl methyl sites for hydroxylation is 2. The highest BCUT2D eigenvalue weighted by Gasteiger charge is 2.17. The van der Waals surface area contributed by atoms with Crippen molar-refractivity contribution >= 4 is 22.4 Å². The number of nitrogens with zero attached hydrogens (tertiary/aromatic N) is 2. The molecule has 0 aliphatic carbocycles. The molecule has 2 heterocycles. The topological polar surface area (TPSA) is 77.2 Å². The number of anilines is 1. The molecule has 0 bridgehead atoms. The van der Waals surface area contributed by atoms with Crippen LogP contribution in [0.2, 0.25) is 0 Å². The van der Waals surface area contributed by atoms with Crippen molar-refractivity contribution in [3.8, 4) is 0 Å². The smallest absolute Gasteiger partial charge is 0.311 e. The highest BCUT2D eigenvalue weighted by atomic mass is 32.1. The van der Waals surface area contributed by atoms with E-state index in [0.717, 1.165) is 22.1 Å². The summed E-state index contributed by atoms with van der Waals surface area (Å²) in [7, 11) is 1.37. The lowest BCUT2D eigenvalue weighted by Gasteiger charge is -2.12. The molecule has 6 nitrogen and oxygen atoms in total. The number of methoxy groups -OCH3 is 1. The van der Waals surface area contributed by atoms with Crippen LogP contribution in [0.5, 0.6) is 0 Å². The number of carbonyl (C=O) groups excluding carboxylic acids is 1. The molecule has 7 heteroatoms. The van der Waals surface area contributed by atoms with Gasteiger partial charge in [0.15, 0.2) is 5.13 Å². The lowest BCUT2D eigenvalue weighted by molar-refractivity contribution is -0.139. The Hall–Kier alpha value is -1.89. The zero-order valence-corrected chi connectivity index (χ0v) is 12.7. The second-order valence-electron chi connectivity index (χ2n) is 4.50. The Labute approximate surface area is 121 Å². The number of hydrogen-bond acceptors (Lipinski definition) is 7. The maximum absolute atomic E-state index is 11.2. The molecule has 20 heavy (non-hydrogen) atoms. The van der Waals surface area contributed by atoms with E-state index in [-0.39, 0.29) is 18.4 Å². The molecule has 108 valence electrons. The normalized spacial score (nSPS) is 12.2. The van der Waals surface area contributed by atoms with Gasteiger partial charge in [-0.15, -0.1) is 11.3 Å². The Bertz CT molecular complexity index is 586. The molecule has 0 aliphatic rings. The van der Waals surface area contributed by atoms with Crippen molar-refractivity contribution in [3.63, 3.8) is 0 Å². The minimum Gasteiger partial charge on any atom is -0.469 e. The van der Waals surface area contributed by atoms with E-state index in [2.05, 4.69) is 20.2 Å². The zero-order valence-electron chi connectivity index (χ0n) is 11.9. The molecule has 1 atom stereocenters. The van der Waals surface area contributed by atoms with E-state index >= 15 is 0 Å². The third-order valence-electron chi connectivity index (χ3n) is 2.97. The Kier molecular flexibility index (Phi) is 4.39. The summed E-state index contributed by atoms with van der Waals surface area (Å²) in [5.74, 6) is 0.509. The zero-order chi connectivity index (χ0) is 14.7. The van der Waals surface area contributed by atoms with Crippen LogP contribution in [-0.4, -0.2) is 23.2 Å². The summed E-state index contributed by atoms with van der Waals surface area (Å²) in [6.07, 6.45) is 0.189. The van der Waals surface area contributed by atoms with Gasteiger partial charge < -0.3 is 14.6 Å². The van der Waals surface area contributed by atoms with Crippen molar-refractivity contribution in [2.45, 2.75) is 33.2 Å². The molecule has 2 aromatic heterocycles. The summed E-state index contributed by atoms with van der Waals surface area (Å²) in [4.78, 5) is 15.6. The Balaban J connectivity index is 2.05. The second-order valence-corrected chi connectivity index (χ2v) is 5.36. The number of rotatable bonds is 5. The molecular formula is C13H17N3O3S. The number of esters is 1. The van der Waals surface area contributed by atoms with Crippen LogP contribution in [-0.2, 0) is 16.0 Å². The van der Waals surface area contributed by atoms with E-state index in [4.69, 9.17) is 4.52 Å². The van der Waals surface area contributed by atoms with Crippen LogP contribution in [0.3, 0.4) is 0 Å². The number of ether oxygens (including phenoxy) is 1. The van der Waals surface area contributed by atoms with E-state index in [1.54, 1.807) is 0 Å². The number of thiazole rings is 1. The van der Waals surface area contributed by atoms with Crippen molar-refractivity contribution in [2.75, 3.05) is 12.4 Å². The molecule has 2 rings (SSSR count). The summed E-state index contributed by atoms with van der Waals surface area (Å²) in [6, 6.07) is 0.0402. The van der Waals surface area contributed by atoms with Gasteiger partial charge in [0.2, 0.25) is 0 Å². The van der Waals surface area contributed by atoms with Gasteiger partial charge in [0.05, 0.1) is 31.0 Å². The van der Waals surface area contributed by atoms with E-state index in [1.165, 1.54) is 18.4 Å². The van der Waals surface area contributed by atoms with Gasteiger partial charge in [0.1, 0.15) is 5.76 Å². The van der Waals surface area contributed by atoms with E-state index in [1.807, 2.05) is 26.2 Å². The lowest BCUT2D eigenvalue weighted by atomic mass is 10.1. The SMILES string of the molecule is COC(=O)Cc1csc(NC(C)c2c(C)noc2C)n1. The largest absolute Gasteiger partial charge is 0.469 e. The summed E-state index contributed by atoms with van der Waals surface area (Å²) in [5.41, 5.74) is 2.61. The lowest BCUT2D eigenvalue weighted by Crippen LogP contribution is -2.09. The number of hydrogen-bond donors (Lipinski definition) is 1. The fraction of sp³-hybridized carbons (Fsp3) is 0.462. The minimum atomic E-state index is -0.291. The van der Waals surface area contributed by atoms with Gasteiger partial charge in [-0.2, -0.15) is 0 Å². The van der Waals surface area contributed by atoms with Gasteiger partial charge in [-0.1, -0.05) is 5.16 Å². The van der Waals surface area contributed by atoms with Gasteiger partial charge in [-0.3, -0.25) is 4.79 Å². The van der Waals surface area contributed by atoms with Crippen LogP contribution in [0.4, 0.5) is 5.13 Å². The quantitative estimate of drug-likeness (QED) is 0.854. The Morgan fingerprint density at radius 1 is 1.55 bits per heavy atom.